The van der Waals surface area contributed by atoms with Crippen LogP contribution in [0.4, 0.5) is 11.8 Å². The van der Waals surface area contributed by atoms with Gasteiger partial charge in [0.1, 0.15) is 5.82 Å². The Balaban J connectivity index is 2.19. The topological polar surface area (TPSA) is 93.7 Å². The molecule has 7 heteroatoms. The highest BCUT2D eigenvalue weighted by molar-refractivity contribution is 5.70. The van der Waals surface area contributed by atoms with Crippen molar-refractivity contribution in [1.29, 1.82) is 0 Å². The summed E-state index contributed by atoms with van der Waals surface area (Å²) in [6, 6.07) is 1.82. The van der Waals surface area contributed by atoms with Crippen molar-refractivity contribution in [2.75, 3.05) is 31.2 Å². The van der Waals surface area contributed by atoms with Gasteiger partial charge in [-0.25, -0.2) is 9.97 Å². The van der Waals surface area contributed by atoms with Gasteiger partial charge >= 0.3 is 0 Å². The molecule has 0 bridgehead atoms. The van der Waals surface area contributed by atoms with Gasteiger partial charge in [-0.15, -0.1) is 0 Å². The number of aryl methyl sites for hydroxylation is 1. The van der Waals surface area contributed by atoms with Crippen LogP contribution in [-0.4, -0.2) is 39.9 Å². The molecule has 0 saturated heterocycles. The third-order valence-electron chi connectivity index (χ3n) is 2.57. The quantitative estimate of drug-likeness (QED) is 0.648. The zero-order chi connectivity index (χ0) is 13.0. The van der Waals surface area contributed by atoms with E-state index in [-0.39, 0.29) is 0 Å². The Hall–Kier alpha value is -2.15. The molecule has 4 N–H and O–H groups in total. The van der Waals surface area contributed by atoms with Crippen LogP contribution in [0.25, 0.3) is 11.3 Å². The summed E-state index contributed by atoms with van der Waals surface area (Å²) in [5, 5.41) is 10.3. The Bertz CT molecular complexity index is 520. The smallest absolute Gasteiger partial charge is 0.223 e. The Labute approximate surface area is 105 Å². The number of likely N-dealkylation sites (N-methyl/N-ethyl adjacent to an activating group) is 1. The first-order valence-corrected chi connectivity index (χ1v) is 5.71. The van der Waals surface area contributed by atoms with Gasteiger partial charge in [-0.1, -0.05) is 0 Å². The number of nitrogen functional groups attached to an aromatic ring is 1. The number of hydrogen-bond donors (Lipinski definition) is 3. The van der Waals surface area contributed by atoms with Gasteiger partial charge in [-0.3, -0.25) is 4.68 Å². The van der Waals surface area contributed by atoms with E-state index in [1.165, 1.54) is 0 Å². The second kappa shape index (κ2) is 5.46. The van der Waals surface area contributed by atoms with E-state index < -0.39 is 0 Å². The standard InChI is InChI=1S/C11H17N7/c1-13-5-6-15-11-14-4-3-9(17-11)8-7-16-18(2)10(8)12/h3-4,7,13H,5-6,12H2,1-2H3,(H,14,15,17). The normalized spacial score (nSPS) is 10.6. The van der Waals surface area contributed by atoms with Gasteiger partial charge in [0.15, 0.2) is 0 Å². The van der Waals surface area contributed by atoms with Gasteiger partial charge in [-0.2, -0.15) is 5.10 Å². The molecule has 0 aliphatic rings. The van der Waals surface area contributed by atoms with Crippen molar-refractivity contribution in [3.8, 4) is 11.3 Å². The fraction of sp³-hybridized carbons (Fsp3) is 0.364. The summed E-state index contributed by atoms with van der Waals surface area (Å²) in [6.07, 6.45) is 3.41. The fourth-order valence-corrected chi connectivity index (χ4v) is 1.54. The molecule has 2 aromatic heterocycles. The summed E-state index contributed by atoms with van der Waals surface area (Å²) in [5.41, 5.74) is 7.50. The minimum atomic E-state index is 0.589. The zero-order valence-electron chi connectivity index (χ0n) is 10.5. The number of hydrogen-bond acceptors (Lipinski definition) is 6. The molecule has 0 aliphatic carbocycles. The van der Waals surface area contributed by atoms with E-state index in [1.54, 1.807) is 24.1 Å². The first-order valence-electron chi connectivity index (χ1n) is 5.71. The fourth-order valence-electron chi connectivity index (χ4n) is 1.54. The third-order valence-corrected chi connectivity index (χ3v) is 2.57. The maximum absolute atomic E-state index is 5.92. The SMILES string of the molecule is CNCCNc1nccc(-c2cnn(C)c2N)n1. The van der Waals surface area contributed by atoms with E-state index in [2.05, 4.69) is 25.7 Å². The molecule has 0 amide bonds. The van der Waals surface area contributed by atoms with Crippen LogP contribution >= 0.6 is 0 Å². The van der Waals surface area contributed by atoms with Crippen molar-refractivity contribution in [3.05, 3.63) is 18.5 Å². The third kappa shape index (κ3) is 2.57. The van der Waals surface area contributed by atoms with Crippen molar-refractivity contribution in [2.45, 2.75) is 0 Å². The van der Waals surface area contributed by atoms with Crippen LogP contribution in [0.1, 0.15) is 0 Å². The second-order valence-electron chi connectivity index (χ2n) is 3.86. The molecule has 7 nitrogen and oxygen atoms in total. The minimum Gasteiger partial charge on any atom is -0.383 e. The lowest BCUT2D eigenvalue weighted by Gasteiger charge is -2.05. The molecule has 18 heavy (non-hydrogen) atoms. The minimum absolute atomic E-state index is 0.589. The van der Waals surface area contributed by atoms with Crippen LogP contribution in [-0.2, 0) is 7.05 Å². The van der Waals surface area contributed by atoms with Gasteiger partial charge in [0.05, 0.1) is 17.5 Å². The van der Waals surface area contributed by atoms with E-state index in [9.17, 15) is 0 Å². The first kappa shape index (κ1) is 12.3. The predicted molar refractivity (Wildman–Crippen MR) is 71.1 cm³/mol. The number of nitrogens with one attached hydrogen (secondary N) is 2. The Morgan fingerprint density at radius 1 is 1.39 bits per heavy atom. The van der Waals surface area contributed by atoms with Gasteiger partial charge in [-0.05, 0) is 13.1 Å². The molecule has 0 aliphatic heterocycles. The maximum atomic E-state index is 5.92. The maximum Gasteiger partial charge on any atom is 0.223 e. The average Bonchev–Trinajstić information content (AvgIpc) is 2.71. The number of aromatic nitrogens is 4. The monoisotopic (exact) mass is 247 g/mol. The van der Waals surface area contributed by atoms with Crippen molar-refractivity contribution < 1.29 is 0 Å². The summed E-state index contributed by atoms with van der Waals surface area (Å²) in [6.45, 7) is 1.62. The largest absolute Gasteiger partial charge is 0.383 e. The predicted octanol–water partition coefficient (Wildman–Crippen LogP) is 0.0906. The summed E-state index contributed by atoms with van der Waals surface area (Å²) in [4.78, 5) is 8.56. The van der Waals surface area contributed by atoms with Crippen LogP contribution in [0.15, 0.2) is 18.5 Å². The molecule has 2 heterocycles. The number of nitrogens with zero attached hydrogens (tertiary/aromatic N) is 4. The van der Waals surface area contributed by atoms with Crippen molar-refractivity contribution in [3.63, 3.8) is 0 Å². The summed E-state index contributed by atoms with van der Waals surface area (Å²) in [5.74, 6) is 1.18. The molecular formula is C11H17N7. The van der Waals surface area contributed by atoms with Crippen LogP contribution in [0.2, 0.25) is 0 Å². The average molecular weight is 247 g/mol. The molecule has 2 aromatic rings. The van der Waals surface area contributed by atoms with E-state index in [1.807, 2.05) is 13.1 Å². The van der Waals surface area contributed by atoms with Crippen molar-refractivity contribution >= 4 is 11.8 Å². The Kier molecular flexibility index (Phi) is 3.73. The number of anilines is 2. The zero-order valence-corrected chi connectivity index (χ0v) is 10.5. The van der Waals surface area contributed by atoms with Gasteiger partial charge in [0, 0.05) is 26.3 Å². The molecule has 0 saturated carbocycles. The molecule has 0 fully saturated rings. The van der Waals surface area contributed by atoms with E-state index >= 15 is 0 Å². The van der Waals surface area contributed by atoms with E-state index in [0.29, 0.717) is 11.8 Å². The van der Waals surface area contributed by atoms with Gasteiger partial charge in [0.25, 0.3) is 0 Å². The molecule has 0 radical (unpaired) electrons. The molecule has 0 unspecified atom stereocenters. The molecule has 96 valence electrons. The Morgan fingerprint density at radius 2 is 2.22 bits per heavy atom. The molecular weight excluding hydrogens is 230 g/mol. The highest BCUT2D eigenvalue weighted by Gasteiger charge is 2.09. The summed E-state index contributed by atoms with van der Waals surface area (Å²) < 4.78 is 1.62. The highest BCUT2D eigenvalue weighted by atomic mass is 15.3. The molecule has 0 atom stereocenters. The van der Waals surface area contributed by atoms with Gasteiger partial charge in [0.2, 0.25) is 5.95 Å². The first-order chi connectivity index (χ1) is 8.72. The molecule has 0 aromatic carbocycles. The highest BCUT2D eigenvalue weighted by Crippen LogP contribution is 2.23. The van der Waals surface area contributed by atoms with Crippen LogP contribution < -0.4 is 16.4 Å². The molecule has 2 rings (SSSR count). The van der Waals surface area contributed by atoms with Crippen LogP contribution in [0.5, 0.6) is 0 Å². The second-order valence-corrected chi connectivity index (χ2v) is 3.86. The lowest BCUT2D eigenvalue weighted by atomic mass is 10.2. The van der Waals surface area contributed by atoms with Gasteiger partial charge < -0.3 is 16.4 Å². The lowest BCUT2D eigenvalue weighted by molar-refractivity contribution is 0.779. The lowest BCUT2D eigenvalue weighted by Crippen LogP contribution is -2.18. The van der Waals surface area contributed by atoms with Crippen LogP contribution in [0, 0.1) is 0 Å². The summed E-state index contributed by atoms with van der Waals surface area (Å²) in [7, 11) is 3.70. The summed E-state index contributed by atoms with van der Waals surface area (Å²) >= 11 is 0. The van der Waals surface area contributed by atoms with Crippen LogP contribution in [0.3, 0.4) is 0 Å². The van der Waals surface area contributed by atoms with E-state index in [4.69, 9.17) is 5.73 Å². The molecule has 0 spiro atoms. The van der Waals surface area contributed by atoms with E-state index in [0.717, 1.165) is 24.3 Å². The number of rotatable bonds is 5. The van der Waals surface area contributed by atoms with Crippen molar-refractivity contribution in [1.82, 2.24) is 25.1 Å². The van der Waals surface area contributed by atoms with Crippen molar-refractivity contribution in [2.24, 2.45) is 7.05 Å². The number of nitrogens with two attached hydrogens (primary N) is 1. The Morgan fingerprint density at radius 3 is 2.89 bits per heavy atom.